The summed E-state index contributed by atoms with van der Waals surface area (Å²) < 4.78 is 68.8. The van der Waals surface area contributed by atoms with Crippen LogP contribution in [0.15, 0.2) is 0 Å². The van der Waals surface area contributed by atoms with Gasteiger partial charge in [0.2, 0.25) is 0 Å². The number of hydrogen-bond acceptors (Lipinski definition) is 15. The number of phosphoric ester groups is 2. The van der Waals surface area contributed by atoms with Gasteiger partial charge in [-0.05, 0) is 37.5 Å². The van der Waals surface area contributed by atoms with Crippen LogP contribution < -0.4 is 0 Å². The van der Waals surface area contributed by atoms with E-state index in [2.05, 4.69) is 41.5 Å². The monoisotopic (exact) mass is 1540 g/mol. The Morgan fingerprint density at radius 1 is 0.257 bits per heavy atom. The maximum atomic E-state index is 13.1. The molecule has 0 aromatic carbocycles. The lowest BCUT2D eigenvalue weighted by molar-refractivity contribution is -0.161. The normalized spacial score (nSPS) is 13.8. The molecule has 0 aliphatic carbocycles. The van der Waals surface area contributed by atoms with E-state index in [0.717, 1.165) is 102 Å². The average molecular weight is 1540 g/mol. The number of ether oxygens (including phenoxy) is 4. The summed E-state index contributed by atoms with van der Waals surface area (Å²) in [5, 5.41) is 10.7. The fourth-order valence-electron chi connectivity index (χ4n) is 13.4. The van der Waals surface area contributed by atoms with E-state index in [0.29, 0.717) is 31.6 Å². The summed E-state index contributed by atoms with van der Waals surface area (Å²) in [6.45, 7) is 9.60. The van der Waals surface area contributed by atoms with Crippen molar-refractivity contribution in [3.05, 3.63) is 0 Å². The van der Waals surface area contributed by atoms with Crippen LogP contribution in [-0.4, -0.2) is 96.7 Å². The lowest BCUT2D eigenvalue weighted by Gasteiger charge is -2.21. The number of carbonyl (C=O) groups is 4. The number of rotatable bonds is 85. The van der Waals surface area contributed by atoms with Gasteiger partial charge in [-0.2, -0.15) is 0 Å². The quantitative estimate of drug-likeness (QED) is 0.0222. The molecule has 17 nitrogen and oxygen atoms in total. The fraction of sp³-hybridized carbons (Fsp3) is 0.953. The highest BCUT2D eigenvalue weighted by molar-refractivity contribution is 7.47. The Morgan fingerprint density at radius 3 is 0.648 bits per heavy atom. The first-order valence-corrected chi connectivity index (χ1v) is 47.5. The van der Waals surface area contributed by atoms with Crippen molar-refractivity contribution < 1.29 is 80.2 Å². The predicted octanol–water partition coefficient (Wildman–Crippen LogP) is 26.2. The zero-order chi connectivity index (χ0) is 77.1. The van der Waals surface area contributed by atoms with Crippen molar-refractivity contribution in [2.75, 3.05) is 39.6 Å². The molecule has 0 aromatic heterocycles. The molecule has 0 heterocycles. The third-order valence-corrected chi connectivity index (χ3v) is 22.1. The van der Waals surface area contributed by atoms with Gasteiger partial charge in [-0.3, -0.25) is 37.3 Å². The molecule has 0 rings (SSSR count). The van der Waals surface area contributed by atoms with Crippen LogP contribution in [0.2, 0.25) is 0 Å². The second kappa shape index (κ2) is 77.4. The molecule has 0 fully saturated rings. The number of aliphatic hydroxyl groups excluding tert-OH is 1. The largest absolute Gasteiger partial charge is 0.472 e. The first-order chi connectivity index (χ1) is 50.9. The Morgan fingerprint density at radius 2 is 0.438 bits per heavy atom. The van der Waals surface area contributed by atoms with Crippen LogP contribution in [0.1, 0.15) is 459 Å². The summed E-state index contributed by atoms with van der Waals surface area (Å²) in [5.74, 6) is -0.640. The van der Waals surface area contributed by atoms with Gasteiger partial charge in [0, 0.05) is 25.7 Å². The summed E-state index contributed by atoms with van der Waals surface area (Å²) >= 11 is 0. The van der Waals surface area contributed by atoms with Crippen molar-refractivity contribution >= 4 is 39.5 Å². The van der Waals surface area contributed by atoms with Crippen molar-refractivity contribution in [1.29, 1.82) is 0 Å². The molecule has 0 aliphatic heterocycles. The molecule has 624 valence electrons. The Kier molecular flexibility index (Phi) is 76.0. The third kappa shape index (κ3) is 79.9. The zero-order valence-electron chi connectivity index (χ0n) is 69.0. The van der Waals surface area contributed by atoms with Gasteiger partial charge in [-0.15, -0.1) is 0 Å². The second-order valence-corrected chi connectivity index (χ2v) is 34.8. The molecule has 5 atom stereocenters. The first-order valence-electron chi connectivity index (χ1n) is 44.5. The highest BCUT2D eigenvalue weighted by Crippen LogP contribution is 2.45. The summed E-state index contributed by atoms with van der Waals surface area (Å²) in [5.41, 5.74) is 0. The van der Waals surface area contributed by atoms with Crippen LogP contribution in [0.3, 0.4) is 0 Å². The third-order valence-electron chi connectivity index (χ3n) is 20.2. The van der Waals surface area contributed by atoms with Gasteiger partial charge in [0.25, 0.3) is 0 Å². The smallest absolute Gasteiger partial charge is 0.462 e. The second-order valence-electron chi connectivity index (χ2n) is 31.9. The maximum Gasteiger partial charge on any atom is 0.472 e. The predicted molar refractivity (Wildman–Crippen MR) is 432 cm³/mol. The highest BCUT2D eigenvalue weighted by atomic mass is 31.2. The van der Waals surface area contributed by atoms with Crippen molar-refractivity contribution in [1.82, 2.24) is 0 Å². The minimum absolute atomic E-state index is 0.106. The van der Waals surface area contributed by atoms with Crippen molar-refractivity contribution in [3.63, 3.8) is 0 Å². The standard InChI is InChI=1S/C86H168O17P2/c1-7-9-11-13-15-17-19-21-23-25-27-29-31-33-37-41-45-49-56-62-68-83(88)96-74-81(102-85(90)70-64-58-50-46-42-38-34-32-30-28-26-24-22-20-18-16-14-12-10-8-2)76-100-104(92,93)98-72-80(87)73-99-105(94,95)101-77-82(75-97-84(89)69-63-57-53-52-55-61-67-79(5)6)103-86(91)71-65-59-51-47-43-39-35-36-40-44-48-54-60-66-78(3)4/h78-82,87H,7-77H2,1-6H3,(H,92,93)(H,94,95)/t80-,81-,82-/m1/s1. The summed E-state index contributed by atoms with van der Waals surface area (Å²) in [4.78, 5) is 73.2. The molecule has 0 amide bonds. The van der Waals surface area contributed by atoms with Crippen LogP contribution in [0.4, 0.5) is 0 Å². The van der Waals surface area contributed by atoms with Gasteiger partial charge in [-0.1, -0.05) is 408 Å². The zero-order valence-corrected chi connectivity index (χ0v) is 70.8. The van der Waals surface area contributed by atoms with Gasteiger partial charge in [-0.25, -0.2) is 9.13 Å². The molecule has 0 saturated carbocycles. The van der Waals surface area contributed by atoms with Crippen molar-refractivity contribution in [3.8, 4) is 0 Å². The number of unbranched alkanes of at least 4 members (excludes halogenated alkanes) is 55. The van der Waals surface area contributed by atoms with E-state index in [4.69, 9.17) is 37.0 Å². The SMILES string of the molecule is CCCCCCCCCCCCCCCCCCCCCCC(=O)OC[C@H](COP(=O)(O)OC[C@@H](O)COP(=O)(O)OC[C@@H](COC(=O)CCCCCCCCC(C)C)OC(=O)CCCCCCCCCCCCCCCC(C)C)OC(=O)CCCCCCCCCCCCCCCCCCCCCC. The molecular weight excluding hydrogens is 1370 g/mol. The highest BCUT2D eigenvalue weighted by Gasteiger charge is 2.30. The van der Waals surface area contributed by atoms with Gasteiger partial charge < -0.3 is 33.8 Å². The van der Waals surface area contributed by atoms with E-state index in [1.165, 1.54) is 270 Å². The van der Waals surface area contributed by atoms with E-state index in [1.807, 2.05) is 0 Å². The minimum Gasteiger partial charge on any atom is -0.462 e. The summed E-state index contributed by atoms with van der Waals surface area (Å²) in [6, 6.07) is 0. The van der Waals surface area contributed by atoms with Crippen LogP contribution >= 0.6 is 15.6 Å². The number of hydrogen-bond donors (Lipinski definition) is 3. The number of esters is 4. The fourth-order valence-corrected chi connectivity index (χ4v) is 15.0. The van der Waals surface area contributed by atoms with Gasteiger partial charge in [0.15, 0.2) is 12.2 Å². The first kappa shape index (κ1) is 103. The number of aliphatic hydroxyl groups is 1. The van der Waals surface area contributed by atoms with Crippen LogP contribution in [0.25, 0.3) is 0 Å². The Labute approximate surface area is 645 Å². The van der Waals surface area contributed by atoms with E-state index in [1.54, 1.807) is 0 Å². The van der Waals surface area contributed by atoms with E-state index >= 15 is 0 Å². The molecular formula is C86H168O17P2. The van der Waals surface area contributed by atoms with Crippen LogP contribution in [0.5, 0.6) is 0 Å². The molecule has 0 spiro atoms. The molecule has 2 unspecified atom stereocenters. The van der Waals surface area contributed by atoms with Gasteiger partial charge in [0.05, 0.1) is 26.4 Å². The van der Waals surface area contributed by atoms with Crippen molar-refractivity contribution in [2.45, 2.75) is 477 Å². The van der Waals surface area contributed by atoms with Crippen LogP contribution in [0, 0.1) is 11.8 Å². The molecule has 0 radical (unpaired) electrons. The minimum atomic E-state index is -4.97. The Balaban J connectivity index is 5.21. The summed E-state index contributed by atoms with van der Waals surface area (Å²) in [6.07, 6.45) is 69.7. The molecule has 0 bridgehead atoms. The molecule has 0 aliphatic rings. The average Bonchev–Trinajstić information content (AvgIpc) is 1.01. The Bertz CT molecular complexity index is 2010. The molecule has 0 aromatic rings. The number of carbonyl (C=O) groups excluding carboxylic acids is 4. The molecule has 105 heavy (non-hydrogen) atoms. The topological polar surface area (TPSA) is 237 Å². The van der Waals surface area contributed by atoms with E-state index < -0.39 is 97.5 Å². The Hall–Kier alpha value is -1.94. The van der Waals surface area contributed by atoms with Gasteiger partial charge >= 0.3 is 39.5 Å². The van der Waals surface area contributed by atoms with Gasteiger partial charge in [0.1, 0.15) is 19.3 Å². The lowest BCUT2D eigenvalue weighted by atomic mass is 10.0. The molecule has 19 heteroatoms. The lowest BCUT2D eigenvalue weighted by Crippen LogP contribution is -2.30. The van der Waals surface area contributed by atoms with E-state index in [-0.39, 0.29) is 25.7 Å². The molecule has 0 saturated heterocycles. The maximum absolute atomic E-state index is 13.1. The van der Waals surface area contributed by atoms with Crippen LogP contribution in [-0.2, 0) is 65.4 Å². The van der Waals surface area contributed by atoms with Crippen molar-refractivity contribution in [2.24, 2.45) is 11.8 Å². The molecule has 3 N–H and O–H groups in total. The summed E-state index contributed by atoms with van der Waals surface area (Å²) in [7, 11) is -9.93. The number of phosphoric acid groups is 2. The van der Waals surface area contributed by atoms with E-state index in [9.17, 15) is 43.2 Å².